The zero-order chi connectivity index (χ0) is 11.7. The van der Waals surface area contributed by atoms with Gasteiger partial charge in [-0.1, -0.05) is 6.92 Å². The lowest BCUT2D eigenvalue weighted by Gasteiger charge is -2.25. The summed E-state index contributed by atoms with van der Waals surface area (Å²) < 4.78 is 10.5. The molecule has 0 spiro atoms. The second-order valence-corrected chi connectivity index (χ2v) is 4.11. The maximum atomic E-state index is 9.09. The van der Waals surface area contributed by atoms with Gasteiger partial charge in [-0.25, -0.2) is 0 Å². The summed E-state index contributed by atoms with van der Waals surface area (Å²) in [5.74, 6) is 0. The fraction of sp³-hybridized carbons (Fsp3) is 1.00. The third-order valence-electron chi connectivity index (χ3n) is 2.64. The first-order valence-corrected chi connectivity index (χ1v) is 5.58. The molecule has 0 aromatic rings. The lowest BCUT2D eigenvalue weighted by molar-refractivity contribution is 0.00517. The zero-order valence-corrected chi connectivity index (χ0v) is 10.2. The van der Waals surface area contributed by atoms with Crippen molar-refractivity contribution in [3.05, 3.63) is 0 Å². The molecule has 0 radical (unpaired) electrons. The van der Waals surface area contributed by atoms with Gasteiger partial charge in [-0.05, 0) is 26.2 Å². The molecule has 0 heterocycles. The number of methoxy groups -OCH3 is 1. The van der Waals surface area contributed by atoms with Gasteiger partial charge < -0.3 is 20.3 Å². The van der Waals surface area contributed by atoms with Crippen LogP contribution < -0.4 is 5.73 Å². The van der Waals surface area contributed by atoms with E-state index in [2.05, 4.69) is 0 Å². The molecule has 92 valence electrons. The smallest absolute Gasteiger partial charge is 0.0780 e. The first kappa shape index (κ1) is 14.8. The second kappa shape index (κ2) is 8.05. The topological polar surface area (TPSA) is 64.7 Å². The van der Waals surface area contributed by atoms with Crippen molar-refractivity contribution in [2.75, 3.05) is 26.9 Å². The van der Waals surface area contributed by atoms with E-state index in [9.17, 15) is 0 Å². The van der Waals surface area contributed by atoms with E-state index in [4.69, 9.17) is 20.3 Å². The molecule has 0 saturated carbocycles. The number of hydrogen-bond donors (Lipinski definition) is 2. The van der Waals surface area contributed by atoms with Gasteiger partial charge in [0.2, 0.25) is 0 Å². The fourth-order valence-electron chi connectivity index (χ4n) is 1.36. The van der Waals surface area contributed by atoms with Gasteiger partial charge in [0.1, 0.15) is 0 Å². The Morgan fingerprint density at radius 3 is 2.60 bits per heavy atom. The monoisotopic (exact) mass is 219 g/mol. The summed E-state index contributed by atoms with van der Waals surface area (Å²) in [5, 5.41) is 9.09. The summed E-state index contributed by atoms with van der Waals surface area (Å²) in [5.41, 5.74) is 5.51. The van der Waals surface area contributed by atoms with E-state index < -0.39 is 5.54 Å². The first-order chi connectivity index (χ1) is 7.08. The van der Waals surface area contributed by atoms with E-state index in [-0.39, 0.29) is 12.7 Å². The Morgan fingerprint density at radius 1 is 1.47 bits per heavy atom. The Balaban J connectivity index is 3.52. The number of ether oxygens (including phenoxy) is 2. The summed E-state index contributed by atoms with van der Waals surface area (Å²) in [6.07, 6.45) is 2.58. The Kier molecular flexibility index (Phi) is 7.96. The highest BCUT2D eigenvalue weighted by Crippen LogP contribution is 2.13. The van der Waals surface area contributed by atoms with Crippen molar-refractivity contribution in [3.63, 3.8) is 0 Å². The molecular formula is C11H25NO3. The van der Waals surface area contributed by atoms with Crippen LogP contribution in [-0.2, 0) is 9.47 Å². The van der Waals surface area contributed by atoms with Crippen molar-refractivity contribution in [1.82, 2.24) is 0 Å². The van der Waals surface area contributed by atoms with Crippen LogP contribution in [0.3, 0.4) is 0 Å². The van der Waals surface area contributed by atoms with Crippen molar-refractivity contribution >= 4 is 0 Å². The van der Waals surface area contributed by atoms with E-state index in [1.807, 2.05) is 13.8 Å². The van der Waals surface area contributed by atoms with Crippen LogP contribution in [0.25, 0.3) is 0 Å². The van der Waals surface area contributed by atoms with Crippen molar-refractivity contribution in [2.24, 2.45) is 5.73 Å². The van der Waals surface area contributed by atoms with Gasteiger partial charge in [-0.2, -0.15) is 0 Å². The van der Waals surface area contributed by atoms with Crippen LogP contribution in [0.1, 0.15) is 33.1 Å². The van der Waals surface area contributed by atoms with Crippen LogP contribution >= 0.6 is 0 Å². The van der Waals surface area contributed by atoms with Gasteiger partial charge in [0.15, 0.2) is 0 Å². The minimum atomic E-state index is -0.437. The molecule has 4 heteroatoms. The van der Waals surface area contributed by atoms with E-state index in [1.165, 1.54) is 0 Å². The van der Waals surface area contributed by atoms with E-state index in [1.54, 1.807) is 7.11 Å². The molecule has 4 nitrogen and oxygen atoms in total. The minimum Gasteiger partial charge on any atom is -0.394 e. The third-order valence-corrected chi connectivity index (χ3v) is 2.64. The van der Waals surface area contributed by atoms with Crippen LogP contribution in [0.2, 0.25) is 0 Å². The van der Waals surface area contributed by atoms with Gasteiger partial charge in [0.05, 0.1) is 19.3 Å². The molecule has 0 aromatic heterocycles. The van der Waals surface area contributed by atoms with Crippen molar-refractivity contribution in [3.8, 4) is 0 Å². The number of aliphatic hydroxyl groups is 1. The fourth-order valence-corrected chi connectivity index (χ4v) is 1.36. The minimum absolute atomic E-state index is 0.0388. The van der Waals surface area contributed by atoms with Crippen molar-refractivity contribution in [1.29, 1.82) is 0 Å². The predicted octanol–water partition coefficient (Wildman–Crippen LogP) is 0.918. The first-order valence-electron chi connectivity index (χ1n) is 5.58. The Hall–Kier alpha value is -0.160. The molecule has 0 rings (SSSR count). The average molecular weight is 219 g/mol. The number of rotatable bonds is 9. The number of aliphatic hydroxyl groups excluding tert-OH is 1. The average Bonchev–Trinajstić information content (AvgIpc) is 2.24. The van der Waals surface area contributed by atoms with Crippen LogP contribution in [0.5, 0.6) is 0 Å². The molecule has 0 amide bonds. The van der Waals surface area contributed by atoms with Crippen LogP contribution in [-0.4, -0.2) is 43.7 Å². The lowest BCUT2D eigenvalue weighted by Crippen LogP contribution is -2.43. The van der Waals surface area contributed by atoms with Crippen LogP contribution in [0.15, 0.2) is 0 Å². The molecule has 3 N–H and O–H groups in total. The molecule has 2 atom stereocenters. The van der Waals surface area contributed by atoms with E-state index in [0.29, 0.717) is 13.2 Å². The molecule has 0 bridgehead atoms. The molecule has 0 aliphatic carbocycles. The predicted molar refractivity (Wildman–Crippen MR) is 60.8 cm³/mol. The van der Waals surface area contributed by atoms with Crippen molar-refractivity contribution in [2.45, 2.75) is 44.8 Å². The van der Waals surface area contributed by atoms with Gasteiger partial charge in [0, 0.05) is 19.3 Å². The summed E-state index contributed by atoms with van der Waals surface area (Å²) in [6, 6.07) is 0. The highest BCUT2D eigenvalue weighted by molar-refractivity contribution is 4.81. The molecule has 2 unspecified atom stereocenters. The van der Waals surface area contributed by atoms with Gasteiger partial charge in [-0.3, -0.25) is 0 Å². The maximum Gasteiger partial charge on any atom is 0.0780 e. The number of hydrogen-bond acceptors (Lipinski definition) is 4. The zero-order valence-electron chi connectivity index (χ0n) is 10.2. The van der Waals surface area contributed by atoms with E-state index >= 15 is 0 Å². The maximum absolute atomic E-state index is 9.09. The highest BCUT2D eigenvalue weighted by atomic mass is 16.5. The summed E-state index contributed by atoms with van der Waals surface area (Å²) in [4.78, 5) is 0. The highest BCUT2D eigenvalue weighted by Gasteiger charge is 2.20. The normalized spacial score (nSPS) is 17.4. The van der Waals surface area contributed by atoms with E-state index in [0.717, 1.165) is 19.3 Å². The van der Waals surface area contributed by atoms with Crippen LogP contribution in [0, 0.1) is 0 Å². The molecule has 15 heavy (non-hydrogen) atoms. The lowest BCUT2D eigenvalue weighted by atomic mass is 9.93. The van der Waals surface area contributed by atoms with Crippen LogP contribution in [0.4, 0.5) is 0 Å². The molecule has 0 aliphatic heterocycles. The molecule has 0 saturated heterocycles. The largest absolute Gasteiger partial charge is 0.394 e. The quantitative estimate of drug-likeness (QED) is 0.566. The van der Waals surface area contributed by atoms with Gasteiger partial charge in [0.25, 0.3) is 0 Å². The molecule has 0 aromatic carbocycles. The van der Waals surface area contributed by atoms with Gasteiger partial charge in [-0.15, -0.1) is 0 Å². The van der Waals surface area contributed by atoms with Crippen molar-refractivity contribution < 1.29 is 14.6 Å². The summed E-state index contributed by atoms with van der Waals surface area (Å²) >= 11 is 0. The molecule has 0 fully saturated rings. The summed E-state index contributed by atoms with van der Waals surface area (Å²) in [7, 11) is 1.66. The molecular weight excluding hydrogens is 194 g/mol. The SMILES string of the molecule is CCC(N)(CO)CCCOC(C)COC. The Morgan fingerprint density at radius 2 is 2.13 bits per heavy atom. The second-order valence-electron chi connectivity index (χ2n) is 4.11. The Labute approximate surface area is 92.7 Å². The third kappa shape index (κ3) is 6.84. The number of nitrogens with two attached hydrogens (primary N) is 1. The summed E-state index contributed by atoms with van der Waals surface area (Å²) in [6.45, 7) is 5.29. The molecule has 0 aliphatic rings. The Bertz CT molecular complexity index is 149. The van der Waals surface area contributed by atoms with Gasteiger partial charge >= 0.3 is 0 Å². The standard InChI is InChI=1S/C11H25NO3/c1-4-11(12,9-13)6-5-7-15-10(2)8-14-3/h10,13H,4-9,12H2,1-3H3.